The molecule has 4 heteroatoms. The molecule has 176 valence electrons. The lowest BCUT2D eigenvalue weighted by molar-refractivity contribution is 0.0658. The number of hydrogen-bond donors (Lipinski definition) is 1. The Labute approximate surface area is 211 Å². The lowest BCUT2D eigenvalue weighted by Crippen LogP contribution is -2.30. The first-order chi connectivity index (χ1) is 17.6. The van der Waals surface area contributed by atoms with Crippen molar-refractivity contribution < 1.29 is 9.59 Å². The number of anilines is 1. The van der Waals surface area contributed by atoms with Crippen molar-refractivity contribution in [3.8, 4) is 11.8 Å². The van der Waals surface area contributed by atoms with E-state index in [2.05, 4.69) is 59.6 Å². The van der Waals surface area contributed by atoms with Gasteiger partial charge in [0.15, 0.2) is 0 Å². The van der Waals surface area contributed by atoms with Crippen molar-refractivity contribution in [3.05, 3.63) is 137 Å². The molecule has 0 aromatic heterocycles. The number of rotatable bonds is 6. The van der Waals surface area contributed by atoms with Crippen LogP contribution in [-0.2, 0) is 0 Å². The highest BCUT2D eigenvalue weighted by molar-refractivity contribution is 6.21. The molecule has 0 bridgehead atoms. The molecule has 1 N–H and O–H groups in total. The topological polar surface area (TPSA) is 49.4 Å². The molecule has 0 saturated heterocycles. The maximum Gasteiger partial charge on any atom is 0.261 e. The van der Waals surface area contributed by atoms with Crippen LogP contribution < -0.4 is 5.32 Å². The Morgan fingerprint density at radius 2 is 1.31 bits per heavy atom. The zero-order chi connectivity index (χ0) is 24.9. The lowest BCUT2D eigenvalue weighted by atomic mass is 9.97. The standard InChI is InChI=1S/C32H26N2O2/c1-23-19-20-29(33-30(24-12-4-2-5-13-24)25-14-6-3-7-15-25)26(22-23)16-10-11-21-34-31(35)27-17-8-9-18-28(27)32(34)36/h2-9,12-15,17-20,22,30,33H,11,21H2,1H3. The number of nitrogens with one attached hydrogen (secondary N) is 1. The van der Waals surface area contributed by atoms with Crippen LogP contribution in [0.4, 0.5) is 5.69 Å². The van der Waals surface area contributed by atoms with Crippen molar-refractivity contribution in [2.45, 2.75) is 19.4 Å². The molecule has 4 nitrogen and oxygen atoms in total. The van der Waals surface area contributed by atoms with Crippen molar-refractivity contribution >= 4 is 17.5 Å². The molecule has 0 radical (unpaired) electrons. The largest absolute Gasteiger partial charge is 0.373 e. The Kier molecular flexibility index (Phi) is 6.64. The van der Waals surface area contributed by atoms with Crippen LogP contribution in [0, 0.1) is 18.8 Å². The number of aryl methyl sites for hydroxylation is 1. The molecule has 4 aromatic rings. The SMILES string of the molecule is Cc1ccc(NC(c2ccccc2)c2ccccc2)c(C#CCCN2C(=O)c3ccccc3C2=O)c1. The highest BCUT2D eigenvalue weighted by Crippen LogP contribution is 2.29. The Morgan fingerprint density at radius 1 is 0.750 bits per heavy atom. The summed E-state index contributed by atoms with van der Waals surface area (Å²) < 4.78 is 0. The third kappa shape index (κ3) is 4.78. The second-order valence-corrected chi connectivity index (χ2v) is 8.81. The van der Waals surface area contributed by atoms with Gasteiger partial charge in [-0.1, -0.05) is 90.7 Å². The van der Waals surface area contributed by atoms with E-state index < -0.39 is 0 Å². The predicted octanol–water partition coefficient (Wildman–Crippen LogP) is 6.23. The zero-order valence-corrected chi connectivity index (χ0v) is 20.1. The minimum Gasteiger partial charge on any atom is -0.373 e. The van der Waals surface area contributed by atoms with E-state index in [0.717, 1.165) is 27.9 Å². The summed E-state index contributed by atoms with van der Waals surface area (Å²) in [6.07, 6.45) is 0.402. The molecule has 1 heterocycles. The lowest BCUT2D eigenvalue weighted by Gasteiger charge is -2.22. The van der Waals surface area contributed by atoms with Crippen molar-refractivity contribution in [1.82, 2.24) is 4.90 Å². The molecule has 36 heavy (non-hydrogen) atoms. The number of nitrogens with zero attached hydrogens (tertiary/aromatic N) is 1. The highest BCUT2D eigenvalue weighted by Gasteiger charge is 2.34. The van der Waals surface area contributed by atoms with Gasteiger partial charge in [0.1, 0.15) is 0 Å². The third-order valence-electron chi connectivity index (χ3n) is 6.30. The van der Waals surface area contributed by atoms with Gasteiger partial charge in [-0.25, -0.2) is 0 Å². The molecule has 0 atom stereocenters. The monoisotopic (exact) mass is 470 g/mol. The molecular weight excluding hydrogens is 444 g/mol. The Balaban J connectivity index is 1.36. The number of imide groups is 1. The molecule has 0 saturated carbocycles. The fourth-order valence-electron chi connectivity index (χ4n) is 4.46. The van der Waals surface area contributed by atoms with Crippen LogP contribution in [0.2, 0.25) is 0 Å². The van der Waals surface area contributed by atoms with Crippen LogP contribution >= 0.6 is 0 Å². The van der Waals surface area contributed by atoms with E-state index in [1.165, 1.54) is 4.90 Å². The summed E-state index contributed by atoms with van der Waals surface area (Å²) in [4.78, 5) is 26.5. The number of carbonyl (C=O) groups is 2. The number of hydrogen-bond acceptors (Lipinski definition) is 3. The summed E-state index contributed by atoms with van der Waals surface area (Å²) in [5, 5.41) is 3.69. The van der Waals surface area contributed by atoms with Gasteiger partial charge in [0.2, 0.25) is 0 Å². The number of amides is 2. The maximum absolute atomic E-state index is 12.6. The summed E-state index contributed by atoms with van der Waals surface area (Å²) in [5.41, 5.74) is 6.19. The van der Waals surface area contributed by atoms with Gasteiger partial charge in [-0.15, -0.1) is 0 Å². The van der Waals surface area contributed by atoms with Gasteiger partial charge in [-0.05, 0) is 47.9 Å². The quantitative estimate of drug-likeness (QED) is 0.268. The van der Waals surface area contributed by atoms with Crippen molar-refractivity contribution in [2.24, 2.45) is 0 Å². The van der Waals surface area contributed by atoms with Gasteiger partial charge in [-0.3, -0.25) is 14.5 Å². The van der Waals surface area contributed by atoms with E-state index in [0.29, 0.717) is 17.5 Å². The van der Waals surface area contributed by atoms with Crippen LogP contribution in [0.3, 0.4) is 0 Å². The second-order valence-electron chi connectivity index (χ2n) is 8.81. The van der Waals surface area contributed by atoms with Crippen LogP contribution in [0.25, 0.3) is 0 Å². The second kappa shape index (κ2) is 10.3. The van der Waals surface area contributed by atoms with E-state index in [1.54, 1.807) is 24.3 Å². The molecule has 5 rings (SSSR count). The Bertz CT molecular complexity index is 1390. The van der Waals surface area contributed by atoms with Crippen LogP contribution in [-0.4, -0.2) is 23.3 Å². The predicted molar refractivity (Wildman–Crippen MR) is 143 cm³/mol. The highest BCUT2D eigenvalue weighted by atomic mass is 16.2. The zero-order valence-electron chi connectivity index (χ0n) is 20.1. The van der Waals surface area contributed by atoms with Crippen molar-refractivity contribution in [3.63, 3.8) is 0 Å². The molecular formula is C32H26N2O2. The van der Waals surface area contributed by atoms with E-state index in [-0.39, 0.29) is 24.4 Å². The smallest absolute Gasteiger partial charge is 0.261 e. The molecule has 0 spiro atoms. The summed E-state index contributed by atoms with van der Waals surface area (Å²) in [6.45, 7) is 2.31. The van der Waals surface area contributed by atoms with Crippen LogP contribution in [0.5, 0.6) is 0 Å². The first-order valence-electron chi connectivity index (χ1n) is 12.0. The third-order valence-corrected chi connectivity index (χ3v) is 6.30. The van der Waals surface area contributed by atoms with E-state index in [1.807, 2.05) is 43.3 Å². The van der Waals surface area contributed by atoms with Gasteiger partial charge in [-0.2, -0.15) is 0 Å². The Morgan fingerprint density at radius 3 is 1.89 bits per heavy atom. The van der Waals surface area contributed by atoms with Crippen molar-refractivity contribution in [1.29, 1.82) is 0 Å². The van der Waals surface area contributed by atoms with Gasteiger partial charge < -0.3 is 5.32 Å². The average Bonchev–Trinajstić information content (AvgIpc) is 3.16. The van der Waals surface area contributed by atoms with Crippen LogP contribution in [0.1, 0.15) is 55.4 Å². The summed E-state index contributed by atoms with van der Waals surface area (Å²) >= 11 is 0. The van der Waals surface area contributed by atoms with E-state index in [4.69, 9.17) is 0 Å². The Hall–Kier alpha value is -4.62. The molecule has 4 aromatic carbocycles. The molecule has 0 aliphatic carbocycles. The van der Waals surface area contributed by atoms with E-state index >= 15 is 0 Å². The van der Waals surface area contributed by atoms with Crippen molar-refractivity contribution in [2.75, 3.05) is 11.9 Å². The van der Waals surface area contributed by atoms with E-state index in [9.17, 15) is 9.59 Å². The van der Waals surface area contributed by atoms with Crippen LogP contribution in [0.15, 0.2) is 103 Å². The summed E-state index contributed by atoms with van der Waals surface area (Å²) in [7, 11) is 0. The fraction of sp³-hybridized carbons (Fsp3) is 0.125. The molecule has 0 unspecified atom stereocenters. The average molecular weight is 471 g/mol. The molecule has 2 amide bonds. The molecule has 0 fully saturated rings. The normalized spacial score (nSPS) is 12.3. The number of carbonyl (C=O) groups excluding carboxylic acids is 2. The molecule has 1 aliphatic heterocycles. The van der Waals surface area contributed by atoms with Gasteiger partial charge in [0.25, 0.3) is 11.8 Å². The molecule has 1 aliphatic rings. The summed E-state index contributed by atoms with van der Waals surface area (Å²) in [5.74, 6) is 5.96. The minimum atomic E-state index is -0.246. The van der Waals surface area contributed by atoms with Gasteiger partial charge >= 0.3 is 0 Å². The number of benzene rings is 4. The first-order valence-corrected chi connectivity index (χ1v) is 12.0. The summed E-state index contributed by atoms with van der Waals surface area (Å²) in [6, 6.07) is 33.8. The maximum atomic E-state index is 12.6. The fourth-order valence-corrected chi connectivity index (χ4v) is 4.46. The van der Waals surface area contributed by atoms with Gasteiger partial charge in [0.05, 0.1) is 22.9 Å². The minimum absolute atomic E-state index is 0.0333. The first kappa shape index (κ1) is 23.1. The number of fused-ring (bicyclic) bond motifs is 1. The van der Waals surface area contributed by atoms with Gasteiger partial charge in [0, 0.05) is 18.5 Å².